The first-order valence-corrected chi connectivity index (χ1v) is 9.31. The number of thioether (sulfide) groups is 1. The zero-order chi connectivity index (χ0) is 19.7. The normalized spacial score (nSPS) is 13.8. The van der Waals surface area contributed by atoms with E-state index in [0.29, 0.717) is 24.6 Å². The molecule has 0 aromatic heterocycles. The minimum absolute atomic E-state index is 0.338. The van der Waals surface area contributed by atoms with Crippen LogP contribution in [0.1, 0.15) is 54.4 Å². The Morgan fingerprint density at radius 3 is 2.12 bits per heavy atom. The maximum absolute atomic E-state index is 12.3. The lowest BCUT2D eigenvalue weighted by Crippen LogP contribution is -2.46. The van der Waals surface area contributed by atoms with Gasteiger partial charge < -0.3 is 14.8 Å². The van der Waals surface area contributed by atoms with Crippen molar-refractivity contribution in [1.82, 2.24) is 10.8 Å². The number of ether oxygens (including phenoxy) is 2. The van der Waals surface area contributed by atoms with Gasteiger partial charge in [-0.25, -0.2) is 15.1 Å². The average molecular weight is 378 g/mol. The predicted octanol–water partition coefficient (Wildman–Crippen LogP) is 2.70. The topological polar surface area (TPSA) is 109 Å². The first kappa shape index (κ1) is 23.5. The number of alkyl carbamates (subject to hydrolysis) is 1. The molecule has 0 spiro atoms. The number of aliphatic imine (C=N–C) groups is 1. The van der Waals surface area contributed by atoms with Crippen LogP contribution in [0.3, 0.4) is 0 Å². The summed E-state index contributed by atoms with van der Waals surface area (Å²) in [4.78, 5) is 28.4. The Morgan fingerprint density at radius 1 is 1.12 bits per heavy atom. The molecule has 3 N–H and O–H groups in total. The summed E-state index contributed by atoms with van der Waals surface area (Å²) < 4.78 is 10.5. The van der Waals surface area contributed by atoms with Gasteiger partial charge in [-0.2, -0.15) is 0 Å². The molecule has 0 unspecified atom stereocenters. The van der Waals surface area contributed by atoms with Crippen molar-refractivity contribution in [2.75, 3.05) is 12.8 Å². The van der Waals surface area contributed by atoms with Gasteiger partial charge in [0.15, 0.2) is 5.17 Å². The van der Waals surface area contributed by atoms with E-state index in [1.807, 2.05) is 5.48 Å². The van der Waals surface area contributed by atoms with E-state index in [1.54, 1.807) is 47.8 Å². The molecule has 0 saturated carbocycles. The van der Waals surface area contributed by atoms with E-state index in [4.69, 9.17) is 14.7 Å². The smallest absolute Gasteiger partial charge is 0.408 e. The molecule has 0 aromatic rings. The maximum Gasteiger partial charge on any atom is 0.408 e. The van der Waals surface area contributed by atoms with E-state index in [2.05, 4.69) is 10.3 Å². The SMILES string of the molecule is CSC(=NCCC[C@H](NC(=O)OC(C)(C)C)C(=O)OC(C)(C)C)NO. The molecule has 0 fully saturated rings. The van der Waals surface area contributed by atoms with Crippen molar-refractivity contribution < 1.29 is 24.3 Å². The number of rotatable bonds is 6. The van der Waals surface area contributed by atoms with Crippen LogP contribution in [0, 0.1) is 0 Å². The number of nitrogens with one attached hydrogen (secondary N) is 2. The van der Waals surface area contributed by atoms with Gasteiger partial charge in [0.1, 0.15) is 17.2 Å². The van der Waals surface area contributed by atoms with Crippen molar-refractivity contribution in [2.24, 2.45) is 4.99 Å². The Kier molecular flexibility index (Phi) is 9.88. The molecule has 8 nitrogen and oxygen atoms in total. The third-order valence-electron chi connectivity index (χ3n) is 2.58. The van der Waals surface area contributed by atoms with Crippen molar-refractivity contribution >= 4 is 29.0 Å². The Balaban J connectivity index is 4.81. The lowest BCUT2D eigenvalue weighted by molar-refractivity contribution is -0.157. The molecule has 0 aromatic carbocycles. The van der Waals surface area contributed by atoms with Crippen molar-refractivity contribution in [1.29, 1.82) is 0 Å². The molecule has 1 amide bonds. The third-order valence-corrected chi connectivity index (χ3v) is 3.18. The van der Waals surface area contributed by atoms with E-state index >= 15 is 0 Å². The van der Waals surface area contributed by atoms with Crippen LogP contribution in [0.5, 0.6) is 0 Å². The highest BCUT2D eigenvalue weighted by Crippen LogP contribution is 2.12. The summed E-state index contributed by atoms with van der Waals surface area (Å²) in [6.07, 6.45) is 1.96. The average Bonchev–Trinajstić information content (AvgIpc) is 2.42. The molecule has 0 bridgehead atoms. The predicted molar refractivity (Wildman–Crippen MR) is 99.0 cm³/mol. The van der Waals surface area contributed by atoms with Gasteiger partial charge >= 0.3 is 12.1 Å². The number of carbonyl (C=O) groups is 2. The number of amidine groups is 1. The van der Waals surface area contributed by atoms with Crippen LogP contribution in [-0.2, 0) is 14.3 Å². The van der Waals surface area contributed by atoms with Crippen molar-refractivity contribution in [3.63, 3.8) is 0 Å². The van der Waals surface area contributed by atoms with Crippen molar-refractivity contribution in [3.8, 4) is 0 Å². The molecule has 25 heavy (non-hydrogen) atoms. The summed E-state index contributed by atoms with van der Waals surface area (Å²) in [6, 6.07) is -0.830. The fraction of sp³-hybridized carbons (Fsp3) is 0.812. The summed E-state index contributed by atoms with van der Waals surface area (Å²) >= 11 is 1.27. The molecule has 0 aliphatic carbocycles. The molecule has 0 aliphatic heterocycles. The Hall–Kier alpha value is -1.48. The number of carbonyl (C=O) groups excluding carboxylic acids is 2. The molecule has 0 saturated heterocycles. The number of hydroxylamine groups is 1. The van der Waals surface area contributed by atoms with Gasteiger partial charge in [-0.05, 0) is 60.6 Å². The van der Waals surface area contributed by atoms with E-state index < -0.39 is 29.3 Å². The second-order valence-corrected chi connectivity index (χ2v) is 8.17. The maximum atomic E-state index is 12.3. The molecular weight excluding hydrogens is 346 g/mol. The molecule has 9 heteroatoms. The van der Waals surface area contributed by atoms with Crippen LogP contribution in [-0.4, -0.2) is 52.5 Å². The molecule has 146 valence electrons. The van der Waals surface area contributed by atoms with Crippen LogP contribution in [0.25, 0.3) is 0 Å². The molecule has 0 aliphatic rings. The van der Waals surface area contributed by atoms with Crippen LogP contribution < -0.4 is 10.8 Å². The second-order valence-electron chi connectivity index (χ2n) is 7.38. The summed E-state index contributed by atoms with van der Waals surface area (Å²) in [6.45, 7) is 10.9. The number of hydrogen-bond acceptors (Lipinski definition) is 7. The summed E-state index contributed by atoms with van der Waals surface area (Å²) in [5.74, 6) is -0.521. The van der Waals surface area contributed by atoms with Crippen LogP contribution in [0.4, 0.5) is 4.79 Å². The second kappa shape index (κ2) is 10.5. The summed E-state index contributed by atoms with van der Waals surface area (Å²) in [5, 5.41) is 11.8. The third kappa shape index (κ3) is 12.5. The van der Waals surface area contributed by atoms with E-state index in [-0.39, 0.29) is 0 Å². The minimum Gasteiger partial charge on any atom is -0.458 e. The fourth-order valence-electron chi connectivity index (χ4n) is 1.69. The molecule has 0 heterocycles. The van der Waals surface area contributed by atoms with Crippen LogP contribution in [0.2, 0.25) is 0 Å². The first-order valence-electron chi connectivity index (χ1n) is 8.09. The molecule has 0 radical (unpaired) electrons. The van der Waals surface area contributed by atoms with E-state index in [9.17, 15) is 9.59 Å². The number of esters is 1. The summed E-state index contributed by atoms with van der Waals surface area (Å²) in [7, 11) is 0. The monoisotopic (exact) mass is 377 g/mol. The highest BCUT2D eigenvalue weighted by Gasteiger charge is 2.28. The first-order chi connectivity index (χ1) is 11.4. The fourth-order valence-corrected chi connectivity index (χ4v) is 2.00. The number of amides is 1. The Morgan fingerprint density at radius 2 is 1.68 bits per heavy atom. The van der Waals surface area contributed by atoms with Gasteiger partial charge in [-0.1, -0.05) is 11.8 Å². The lowest BCUT2D eigenvalue weighted by Gasteiger charge is -2.26. The summed E-state index contributed by atoms with van der Waals surface area (Å²) in [5.41, 5.74) is 0.667. The molecular formula is C16H31N3O5S. The lowest BCUT2D eigenvalue weighted by atomic mass is 10.1. The largest absolute Gasteiger partial charge is 0.458 e. The van der Waals surface area contributed by atoms with Crippen LogP contribution in [0.15, 0.2) is 4.99 Å². The van der Waals surface area contributed by atoms with Gasteiger partial charge in [-0.3, -0.25) is 10.2 Å². The quantitative estimate of drug-likeness (QED) is 0.215. The molecule has 0 rings (SSSR count). The zero-order valence-corrected chi connectivity index (χ0v) is 17.0. The van der Waals surface area contributed by atoms with Gasteiger partial charge in [0.05, 0.1) is 0 Å². The highest BCUT2D eigenvalue weighted by molar-refractivity contribution is 8.13. The number of hydrogen-bond donors (Lipinski definition) is 3. The number of nitrogens with zero attached hydrogens (tertiary/aromatic N) is 1. The Labute approximate surface area is 154 Å². The minimum atomic E-state index is -0.830. The van der Waals surface area contributed by atoms with E-state index in [1.165, 1.54) is 11.8 Å². The van der Waals surface area contributed by atoms with Crippen molar-refractivity contribution in [3.05, 3.63) is 0 Å². The standard InChI is InChI=1S/C16H31N3O5S/c1-15(2,3)23-12(20)11(18-14(21)24-16(4,5)6)9-8-10-17-13(19-22)25-7/h11,22H,8-10H2,1-7H3,(H,17,19)(H,18,21)/t11-/m0/s1. The Bertz CT molecular complexity index is 463. The zero-order valence-electron chi connectivity index (χ0n) is 16.1. The van der Waals surface area contributed by atoms with Gasteiger partial charge in [0.2, 0.25) is 0 Å². The van der Waals surface area contributed by atoms with Crippen molar-refractivity contribution in [2.45, 2.75) is 71.6 Å². The van der Waals surface area contributed by atoms with E-state index in [0.717, 1.165) is 0 Å². The highest BCUT2D eigenvalue weighted by atomic mass is 32.2. The van der Waals surface area contributed by atoms with Gasteiger partial charge in [0.25, 0.3) is 0 Å². The van der Waals surface area contributed by atoms with Crippen LogP contribution >= 0.6 is 11.8 Å². The van der Waals surface area contributed by atoms with Gasteiger partial charge in [0, 0.05) is 6.54 Å². The van der Waals surface area contributed by atoms with Gasteiger partial charge in [-0.15, -0.1) is 0 Å². The molecule has 1 atom stereocenters.